The van der Waals surface area contributed by atoms with Crippen LogP contribution in [0.15, 0.2) is 42.1 Å². The summed E-state index contributed by atoms with van der Waals surface area (Å²) in [5, 5.41) is 3.47. The zero-order valence-electron chi connectivity index (χ0n) is 18.6. The Kier molecular flexibility index (Phi) is 5.24. The van der Waals surface area contributed by atoms with Gasteiger partial charge in [-0.1, -0.05) is 36.7 Å². The molecule has 1 N–H and O–H groups in total. The van der Waals surface area contributed by atoms with Crippen molar-refractivity contribution in [1.82, 2.24) is 5.32 Å². The molecule has 0 radical (unpaired) electrons. The number of methoxy groups -OCH3 is 2. The number of halogens is 1. The zero-order valence-corrected chi connectivity index (χ0v) is 19.3. The number of ether oxygens (including phenoxy) is 4. The molecule has 2 heterocycles. The number of hydrogen-bond donors (Lipinski definition) is 1. The molecule has 0 aromatic heterocycles. The van der Waals surface area contributed by atoms with Gasteiger partial charge in [-0.25, -0.2) is 0 Å². The molecule has 1 spiro atoms. The third-order valence-electron chi connectivity index (χ3n) is 6.58. The van der Waals surface area contributed by atoms with E-state index in [9.17, 15) is 9.59 Å². The molecule has 3 atom stereocenters. The summed E-state index contributed by atoms with van der Waals surface area (Å²) in [7, 11) is 2.90. The predicted molar refractivity (Wildman–Crippen MR) is 122 cm³/mol. The van der Waals surface area contributed by atoms with Crippen LogP contribution in [0.5, 0.6) is 23.0 Å². The molecule has 172 valence electrons. The summed E-state index contributed by atoms with van der Waals surface area (Å²) in [4.78, 5) is 26.9. The summed E-state index contributed by atoms with van der Waals surface area (Å²) in [6, 6.07) is 9.49. The lowest BCUT2D eigenvalue weighted by atomic mass is 9.74. The van der Waals surface area contributed by atoms with Crippen LogP contribution in [-0.4, -0.2) is 44.0 Å². The molecule has 2 aliphatic heterocycles. The summed E-state index contributed by atoms with van der Waals surface area (Å²) in [6.07, 6.45) is 2.71. The van der Waals surface area contributed by atoms with Crippen molar-refractivity contribution in [3.8, 4) is 23.0 Å². The highest BCUT2D eigenvalue weighted by Gasteiger charge is 2.60. The van der Waals surface area contributed by atoms with E-state index in [0.717, 1.165) is 17.9 Å². The minimum atomic E-state index is -1.67. The number of fused-ring (bicyclic) bond motifs is 2. The van der Waals surface area contributed by atoms with Gasteiger partial charge in [-0.15, -0.1) is 0 Å². The lowest BCUT2D eigenvalue weighted by molar-refractivity contribution is -0.129. The van der Waals surface area contributed by atoms with Crippen molar-refractivity contribution in [2.24, 2.45) is 5.92 Å². The molecule has 0 amide bonds. The fourth-order valence-corrected chi connectivity index (χ4v) is 5.13. The lowest BCUT2D eigenvalue weighted by Crippen LogP contribution is -2.55. The highest BCUT2D eigenvalue weighted by atomic mass is 35.5. The molecule has 3 unspecified atom stereocenters. The lowest BCUT2D eigenvalue weighted by Gasteiger charge is -2.35. The Labute approximate surface area is 196 Å². The van der Waals surface area contributed by atoms with Crippen molar-refractivity contribution >= 4 is 23.2 Å². The first kappa shape index (κ1) is 21.6. The topological polar surface area (TPSA) is 83.1 Å². The Bertz CT molecular complexity index is 1170. The van der Waals surface area contributed by atoms with E-state index >= 15 is 0 Å². The fraction of sp³-hybridized carbons (Fsp3) is 0.360. The number of benzene rings is 2. The molecule has 0 saturated heterocycles. The molecule has 1 aliphatic carbocycles. The van der Waals surface area contributed by atoms with E-state index in [1.807, 2.05) is 25.1 Å². The average molecular weight is 470 g/mol. The van der Waals surface area contributed by atoms with Crippen LogP contribution in [0, 0.1) is 5.92 Å². The molecule has 8 heteroatoms. The van der Waals surface area contributed by atoms with Crippen molar-refractivity contribution in [3.63, 3.8) is 0 Å². The second kappa shape index (κ2) is 7.99. The van der Waals surface area contributed by atoms with E-state index in [2.05, 4.69) is 11.4 Å². The molecule has 2 aromatic rings. The van der Waals surface area contributed by atoms with Gasteiger partial charge in [-0.05, 0) is 18.1 Å². The van der Waals surface area contributed by atoms with Crippen LogP contribution in [0.4, 0.5) is 0 Å². The van der Waals surface area contributed by atoms with Crippen LogP contribution in [0.3, 0.4) is 0 Å². The number of carbonyl (C=O) groups is 2. The van der Waals surface area contributed by atoms with E-state index < -0.39 is 23.1 Å². The van der Waals surface area contributed by atoms with Crippen molar-refractivity contribution in [1.29, 1.82) is 0 Å². The van der Waals surface area contributed by atoms with Crippen molar-refractivity contribution in [2.75, 3.05) is 20.8 Å². The number of allylic oxidation sites excluding steroid dienone is 1. The SMILES string of the molecule is COc1cc(OC)c2c(c1Cl)OC1(C(=O)C=C(NCC3Cc4ccccc4O3)CC1C)C2=O. The maximum absolute atomic E-state index is 13.5. The van der Waals surface area contributed by atoms with Crippen LogP contribution in [0.1, 0.15) is 29.3 Å². The first-order chi connectivity index (χ1) is 15.9. The second-order valence-corrected chi connectivity index (χ2v) is 8.92. The molecular formula is C25H24ClNO6. The first-order valence-electron chi connectivity index (χ1n) is 10.8. The molecule has 0 fully saturated rings. The minimum Gasteiger partial charge on any atom is -0.496 e. The maximum Gasteiger partial charge on any atom is 0.236 e. The molecule has 2 aromatic carbocycles. The monoisotopic (exact) mass is 469 g/mol. The van der Waals surface area contributed by atoms with Gasteiger partial charge in [0.15, 0.2) is 5.75 Å². The van der Waals surface area contributed by atoms with E-state index in [-0.39, 0.29) is 28.2 Å². The summed E-state index contributed by atoms with van der Waals surface area (Å²) in [6.45, 7) is 2.38. The Morgan fingerprint density at radius 3 is 2.61 bits per heavy atom. The maximum atomic E-state index is 13.5. The van der Waals surface area contributed by atoms with E-state index in [0.29, 0.717) is 18.7 Å². The van der Waals surface area contributed by atoms with Gasteiger partial charge in [0, 0.05) is 30.2 Å². The smallest absolute Gasteiger partial charge is 0.236 e. The van der Waals surface area contributed by atoms with E-state index in [1.54, 1.807) is 0 Å². The number of nitrogens with one attached hydrogen (secondary N) is 1. The number of para-hydroxylation sites is 1. The van der Waals surface area contributed by atoms with Gasteiger partial charge in [0.2, 0.25) is 17.2 Å². The van der Waals surface area contributed by atoms with Crippen LogP contribution in [-0.2, 0) is 11.2 Å². The Balaban J connectivity index is 1.37. The number of carbonyl (C=O) groups excluding carboxylic acids is 2. The highest BCUT2D eigenvalue weighted by molar-refractivity contribution is 6.36. The largest absolute Gasteiger partial charge is 0.496 e. The highest BCUT2D eigenvalue weighted by Crippen LogP contribution is 2.52. The third kappa shape index (κ3) is 3.25. The number of hydrogen-bond acceptors (Lipinski definition) is 7. The molecule has 0 saturated carbocycles. The van der Waals surface area contributed by atoms with Gasteiger partial charge >= 0.3 is 0 Å². The summed E-state index contributed by atoms with van der Waals surface area (Å²) >= 11 is 6.43. The van der Waals surface area contributed by atoms with Gasteiger partial charge < -0.3 is 24.3 Å². The molecule has 5 rings (SSSR count). The Hall–Kier alpha value is -3.19. The molecule has 0 bridgehead atoms. The molecule has 7 nitrogen and oxygen atoms in total. The normalized spacial score (nSPS) is 25.2. The van der Waals surface area contributed by atoms with Gasteiger partial charge in [0.05, 0.1) is 20.8 Å². The molecular weight excluding hydrogens is 446 g/mol. The molecule has 33 heavy (non-hydrogen) atoms. The van der Waals surface area contributed by atoms with Crippen LogP contribution in [0.25, 0.3) is 0 Å². The van der Waals surface area contributed by atoms with Crippen LogP contribution < -0.4 is 24.3 Å². The van der Waals surface area contributed by atoms with Crippen LogP contribution >= 0.6 is 11.6 Å². The van der Waals surface area contributed by atoms with Crippen molar-refractivity contribution in [2.45, 2.75) is 31.5 Å². The standard InChI is InChI=1S/C25H24ClNO6/c1-13-8-15(27-12-16-9-14-6-4-5-7-17(14)32-16)10-20(28)25(13)24(29)21-18(30-2)11-19(31-3)22(26)23(21)33-25/h4-7,10-11,13,16,27H,8-9,12H2,1-3H3. The second-order valence-electron chi connectivity index (χ2n) is 8.54. The van der Waals surface area contributed by atoms with Crippen molar-refractivity contribution < 1.29 is 28.5 Å². The number of rotatable bonds is 5. The predicted octanol–water partition coefficient (Wildman–Crippen LogP) is 3.76. The summed E-state index contributed by atoms with van der Waals surface area (Å²) in [5.74, 6) is 0.307. The van der Waals surface area contributed by atoms with E-state index in [1.165, 1.54) is 31.9 Å². The fourth-order valence-electron chi connectivity index (χ4n) is 4.86. The van der Waals surface area contributed by atoms with Crippen molar-refractivity contribution in [3.05, 3.63) is 58.3 Å². The summed E-state index contributed by atoms with van der Waals surface area (Å²) < 4.78 is 22.7. The van der Waals surface area contributed by atoms with Gasteiger partial charge in [-0.3, -0.25) is 9.59 Å². The number of Topliss-reactive ketones (excluding diaryl/α,β-unsaturated/α-hetero) is 1. The van der Waals surface area contributed by atoms with Gasteiger partial charge in [-0.2, -0.15) is 0 Å². The molecule has 3 aliphatic rings. The zero-order chi connectivity index (χ0) is 23.3. The quantitative estimate of drug-likeness (QED) is 0.667. The Morgan fingerprint density at radius 1 is 1.15 bits per heavy atom. The average Bonchev–Trinajstić information content (AvgIpc) is 3.36. The minimum absolute atomic E-state index is 0.0197. The number of ketones is 2. The van der Waals surface area contributed by atoms with E-state index in [4.69, 9.17) is 30.5 Å². The van der Waals surface area contributed by atoms with Gasteiger partial charge in [0.1, 0.15) is 33.9 Å². The van der Waals surface area contributed by atoms with Gasteiger partial charge in [0.25, 0.3) is 0 Å². The summed E-state index contributed by atoms with van der Waals surface area (Å²) in [5.41, 5.74) is 0.428. The van der Waals surface area contributed by atoms with Crippen LogP contribution in [0.2, 0.25) is 5.02 Å². The first-order valence-corrected chi connectivity index (χ1v) is 11.2. The third-order valence-corrected chi connectivity index (χ3v) is 6.94. The Morgan fingerprint density at radius 2 is 1.91 bits per heavy atom.